The number of hydrogen-bond donors (Lipinski definition) is 1. The van der Waals surface area contributed by atoms with Crippen LogP contribution >= 0.6 is 0 Å². The van der Waals surface area contributed by atoms with Gasteiger partial charge in [-0.05, 0) is 36.5 Å². The van der Waals surface area contributed by atoms with Gasteiger partial charge in [-0.15, -0.1) is 0 Å². The van der Waals surface area contributed by atoms with Gasteiger partial charge in [-0.1, -0.05) is 45.7 Å². The van der Waals surface area contributed by atoms with Crippen LogP contribution in [0.2, 0.25) is 0 Å². The normalized spacial score (nSPS) is 11.7. The van der Waals surface area contributed by atoms with Crippen LogP contribution in [-0.4, -0.2) is 50.7 Å². The van der Waals surface area contributed by atoms with Crippen LogP contribution < -0.4 is 10.1 Å². The summed E-state index contributed by atoms with van der Waals surface area (Å²) in [6, 6.07) is 6.46. The molecule has 0 atom stereocenters. The lowest BCUT2D eigenvalue weighted by atomic mass is 10.0. The van der Waals surface area contributed by atoms with Crippen LogP contribution in [0.25, 0.3) is 0 Å². The summed E-state index contributed by atoms with van der Waals surface area (Å²) >= 11 is 0. The van der Waals surface area contributed by atoms with Crippen LogP contribution in [0.15, 0.2) is 18.2 Å². The van der Waals surface area contributed by atoms with Crippen molar-refractivity contribution < 1.29 is 14.0 Å². The van der Waals surface area contributed by atoms with Crippen molar-refractivity contribution in [1.29, 1.82) is 0 Å². The molecule has 0 bridgehead atoms. The lowest BCUT2D eigenvalue weighted by Crippen LogP contribution is -2.48. The molecule has 1 aromatic carbocycles. The van der Waals surface area contributed by atoms with E-state index in [1.165, 1.54) is 24.0 Å². The Kier molecular flexibility index (Phi) is 9.71. The summed E-state index contributed by atoms with van der Waals surface area (Å²) in [4.78, 5) is 12.1. The van der Waals surface area contributed by atoms with E-state index >= 15 is 0 Å². The van der Waals surface area contributed by atoms with Gasteiger partial charge >= 0.3 is 0 Å². The monoisotopic (exact) mass is 363 g/mol. The van der Waals surface area contributed by atoms with Crippen LogP contribution in [0, 0.1) is 6.92 Å². The molecule has 4 heteroatoms. The molecule has 1 aromatic rings. The number of rotatable bonds is 12. The highest BCUT2D eigenvalue weighted by atomic mass is 16.5. The molecule has 0 unspecified atom stereocenters. The lowest BCUT2D eigenvalue weighted by Gasteiger charge is -2.29. The van der Waals surface area contributed by atoms with Gasteiger partial charge in [-0.2, -0.15) is 0 Å². The Labute approximate surface area is 160 Å². The van der Waals surface area contributed by atoms with E-state index in [1.807, 2.05) is 0 Å². The molecule has 4 nitrogen and oxygen atoms in total. The number of carbonyl (C=O) groups is 1. The molecule has 0 aliphatic carbocycles. The highest BCUT2D eigenvalue weighted by Gasteiger charge is 2.19. The maximum Gasteiger partial charge on any atom is 0.275 e. The maximum atomic E-state index is 12.1. The fraction of sp³-hybridized carbons (Fsp3) is 0.682. The topological polar surface area (TPSA) is 38.3 Å². The van der Waals surface area contributed by atoms with Crippen molar-refractivity contribution >= 4 is 5.91 Å². The smallest absolute Gasteiger partial charge is 0.275 e. The molecule has 1 amide bonds. The van der Waals surface area contributed by atoms with Gasteiger partial charge in [-0.25, -0.2) is 0 Å². The Balaban J connectivity index is 2.35. The molecule has 0 aromatic heterocycles. The highest BCUT2D eigenvalue weighted by Crippen LogP contribution is 2.24. The van der Waals surface area contributed by atoms with Gasteiger partial charge in [0.25, 0.3) is 5.91 Å². The fourth-order valence-corrected chi connectivity index (χ4v) is 2.93. The number of aryl methyl sites for hydroxylation is 1. The molecule has 0 saturated heterocycles. The van der Waals surface area contributed by atoms with Crippen LogP contribution in [0.5, 0.6) is 5.75 Å². The first kappa shape index (κ1) is 22.5. The molecule has 148 valence electrons. The number of ether oxygens (including phenoxy) is 1. The summed E-state index contributed by atoms with van der Waals surface area (Å²) in [6.45, 7) is 11.6. The van der Waals surface area contributed by atoms with E-state index < -0.39 is 0 Å². The largest absolute Gasteiger partial charge is 0.493 e. The van der Waals surface area contributed by atoms with Crippen LogP contribution in [-0.2, 0) is 4.79 Å². The molecule has 0 spiro atoms. The zero-order valence-electron chi connectivity index (χ0n) is 17.7. The first-order valence-electron chi connectivity index (χ1n) is 10.1. The fourth-order valence-electron chi connectivity index (χ4n) is 2.93. The Morgan fingerprint density at radius 2 is 1.92 bits per heavy atom. The van der Waals surface area contributed by atoms with E-state index in [4.69, 9.17) is 4.74 Å². The van der Waals surface area contributed by atoms with Crippen molar-refractivity contribution in [3.05, 3.63) is 29.3 Å². The van der Waals surface area contributed by atoms with Crippen LogP contribution in [0.3, 0.4) is 0 Å². The molecule has 0 aliphatic rings. The van der Waals surface area contributed by atoms with Gasteiger partial charge in [-0.3, -0.25) is 4.79 Å². The van der Waals surface area contributed by atoms with Crippen molar-refractivity contribution in [2.75, 3.05) is 40.3 Å². The Bertz CT molecular complexity index is 553. The third-order valence-electron chi connectivity index (χ3n) is 4.72. The molecular formula is C22H39N2O2+. The predicted molar refractivity (Wildman–Crippen MR) is 110 cm³/mol. The van der Waals surface area contributed by atoms with Crippen LogP contribution in [0.1, 0.15) is 63.5 Å². The number of benzene rings is 1. The van der Waals surface area contributed by atoms with E-state index in [-0.39, 0.29) is 5.91 Å². The van der Waals surface area contributed by atoms with Gasteiger partial charge in [0.2, 0.25) is 0 Å². The van der Waals surface area contributed by atoms with Gasteiger partial charge in [0.15, 0.2) is 6.54 Å². The van der Waals surface area contributed by atoms with Crippen LogP contribution in [0.4, 0.5) is 0 Å². The number of likely N-dealkylation sites (N-methyl/N-ethyl adjacent to an activating group) is 1. The first-order valence-corrected chi connectivity index (χ1v) is 10.1. The summed E-state index contributed by atoms with van der Waals surface area (Å²) in [6.07, 6.45) is 4.35. The number of unbranched alkanes of at least 4 members (excludes halogenated alkanes) is 2. The van der Waals surface area contributed by atoms with Gasteiger partial charge in [0.05, 0.1) is 27.2 Å². The summed E-state index contributed by atoms with van der Waals surface area (Å²) in [5.74, 6) is 1.63. The number of carbonyl (C=O) groups excluding carboxylic acids is 1. The number of quaternary nitrogens is 1. The van der Waals surface area contributed by atoms with E-state index in [0.717, 1.165) is 31.7 Å². The number of nitrogens with zero attached hydrogens (tertiary/aromatic N) is 1. The average Bonchev–Trinajstić information content (AvgIpc) is 2.56. The highest BCUT2D eigenvalue weighted by molar-refractivity contribution is 5.76. The molecular weight excluding hydrogens is 324 g/mol. The summed E-state index contributed by atoms with van der Waals surface area (Å²) in [5.41, 5.74) is 2.48. The van der Waals surface area contributed by atoms with Gasteiger partial charge in [0.1, 0.15) is 5.75 Å². The summed E-state index contributed by atoms with van der Waals surface area (Å²) < 4.78 is 6.70. The minimum absolute atomic E-state index is 0.146. The molecule has 26 heavy (non-hydrogen) atoms. The third-order valence-corrected chi connectivity index (χ3v) is 4.72. The maximum absolute atomic E-state index is 12.1. The second-order valence-electron chi connectivity index (χ2n) is 8.26. The van der Waals surface area contributed by atoms with Gasteiger partial charge < -0.3 is 14.5 Å². The average molecular weight is 364 g/mol. The number of amides is 1. The lowest BCUT2D eigenvalue weighted by molar-refractivity contribution is -0.882. The van der Waals surface area contributed by atoms with E-state index in [1.54, 1.807) is 0 Å². The van der Waals surface area contributed by atoms with Crippen molar-refractivity contribution in [3.63, 3.8) is 0 Å². The van der Waals surface area contributed by atoms with Gasteiger partial charge in [0, 0.05) is 13.0 Å². The minimum atomic E-state index is 0.146. The van der Waals surface area contributed by atoms with Crippen molar-refractivity contribution in [1.82, 2.24) is 5.32 Å². The number of nitrogens with one attached hydrogen (secondary N) is 1. The van der Waals surface area contributed by atoms with Crippen molar-refractivity contribution in [2.45, 2.75) is 59.3 Å². The second kappa shape index (κ2) is 11.2. The Hall–Kier alpha value is -1.55. The summed E-state index contributed by atoms with van der Waals surface area (Å²) in [7, 11) is 4.21. The predicted octanol–water partition coefficient (Wildman–Crippen LogP) is 4.27. The quantitative estimate of drug-likeness (QED) is 0.445. The zero-order valence-corrected chi connectivity index (χ0v) is 17.7. The molecule has 0 fully saturated rings. The van der Waals surface area contributed by atoms with E-state index in [2.05, 4.69) is 65.3 Å². The minimum Gasteiger partial charge on any atom is -0.493 e. The standard InChI is InChI=1S/C22H38N2O2/c1-7-8-9-13-23-22(25)17-24(5,6)14-10-15-26-21-16-20(18(2)3)12-11-19(21)4/h11-12,16,18H,7-10,13-15,17H2,1-6H3/p+1. The summed E-state index contributed by atoms with van der Waals surface area (Å²) in [5, 5.41) is 3.03. The molecule has 0 aliphatic heterocycles. The molecule has 0 saturated carbocycles. The molecule has 1 N–H and O–H groups in total. The molecule has 0 heterocycles. The third kappa shape index (κ3) is 8.70. The second-order valence-corrected chi connectivity index (χ2v) is 8.26. The van der Waals surface area contributed by atoms with E-state index in [9.17, 15) is 4.79 Å². The van der Waals surface area contributed by atoms with Crippen molar-refractivity contribution in [3.8, 4) is 5.75 Å². The van der Waals surface area contributed by atoms with E-state index in [0.29, 0.717) is 23.6 Å². The van der Waals surface area contributed by atoms with Crippen molar-refractivity contribution in [2.24, 2.45) is 0 Å². The first-order chi connectivity index (χ1) is 12.2. The molecule has 0 radical (unpaired) electrons. The molecule has 1 rings (SSSR count). The SMILES string of the molecule is CCCCCNC(=O)C[N+](C)(C)CCCOc1cc(C(C)C)ccc1C. The Morgan fingerprint density at radius 1 is 1.19 bits per heavy atom. The zero-order chi connectivity index (χ0) is 19.6. The number of hydrogen-bond acceptors (Lipinski definition) is 2. The Morgan fingerprint density at radius 3 is 2.58 bits per heavy atom.